The Hall–Kier alpha value is -1.55. The van der Waals surface area contributed by atoms with Gasteiger partial charge in [-0.1, -0.05) is 12.8 Å². The summed E-state index contributed by atoms with van der Waals surface area (Å²) in [6.45, 7) is 3.93. The number of nitrogens with two attached hydrogens (primary N) is 1. The van der Waals surface area contributed by atoms with E-state index in [0.29, 0.717) is 6.04 Å². The molecule has 2 aromatic heterocycles. The minimum absolute atomic E-state index is 0.0422. The third-order valence-corrected chi connectivity index (χ3v) is 4.27. The van der Waals surface area contributed by atoms with Crippen molar-refractivity contribution >= 4 is 0 Å². The highest BCUT2D eigenvalue weighted by Gasteiger charge is 2.19. The van der Waals surface area contributed by atoms with Gasteiger partial charge in [-0.15, -0.1) is 0 Å². The van der Waals surface area contributed by atoms with Crippen LogP contribution in [-0.4, -0.2) is 9.78 Å². The fraction of sp³-hybridized carbons (Fsp3) is 0.562. The van der Waals surface area contributed by atoms with Crippen molar-refractivity contribution in [3.63, 3.8) is 0 Å². The van der Waals surface area contributed by atoms with Crippen molar-refractivity contribution < 1.29 is 4.42 Å². The number of nitrogens with zero attached hydrogens (tertiary/aromatic N) is 2. The van der Waals surface area contributed by atoms with Gasteiger partial charge in [0.05, 0.1) is 11.7 Å². The molecule has 1 fully saturated rings. The molecule has 1 aliphatic rings. The molecule has 0 radical (unpaired) electrons. The van der Waals surface area contributed by atoms with Crippen LogP contribution in [0.1, 0.15) is 60.5 Å². The lowest BCUT2D eigenvalue weighted by molar-refractivity contribution is 0.460. The van der Waals surface area contributed by atoms with Crippen LogP contribution in [0, 0.1) is 13.8 Å². The smallest absolute Gasteiger partial charge is 0.105 e. The second-order valence-corrected chi connectivity index (χ2v) is 5.90. The third kappa shape index (κ3) is 2.66. The number of hydrogen-bond donors (Lipinski definition) is 1. The summed E-state index contributed by atoms with van der Waals surface area (Å²) in [5.74, 6) is 1.84. The maximum absolute atomic E-state index is 6.29. The lowest BCUT2D eigenvalue weighted by Crippen LogP contribution is -2.14. The number of rotatable bonds is 4. The zero-order valence-electron chi connectivity index (χ0n) is 12.3. The summed E-state index contributed by atoms with van der Waals surface area (Å²) in [5.41, 5.74) is 8.46. The van der Waals surface area contributed by atoms with Gasteiger partial charge in [-0.25, -0.2) is 0 Å². The van der Waals surface area contributed by atoms with E-state index < -0.39 is 0 Å². The summed E-state index contributed by atoms with van der Waals surface area (Å²) < 4.78 is 7.68. The average molecular weight is 273 g/mol. The van der Waals surface area contributed by atoms with Crippen LogP contribution in [0.2, 0.25) is 0 Å². The fourth-order valence-corrected chi connectivity index (χ4v) is 3.21. The van der Waals surface area contributed by atoms with Crippen molar-refractivity contribution in [1.29, 1.82) is 0 Å². The molecule has 1 saturated carbocycles. The van der Waals surface area contributed by atoms with E-state index in [1.807, 2.05) is 19.9 Å². The molecule has 2 N–H and O–H groups in total. The molecule has 20 heavy (non-hydrogen) atoms. The Morgan fingerprint density at radius 3 is 2.80 bits per heavy atom. The summed E-state index contributed by atoms with van der Waals surface area (Å²) in [4.78, 5) is 0. The SMILES string of the molecule is Cc1cc(C(N)Cc2ccn(C3CCCC3)n2)c(C)o1. The Kier molecular flexibility index (Phi) is 3.66. The summed E-state index contributed by atoms with van der Waals surface area (Å²) in [6, 6.07) is 4.69. The van der Waals surface area contributed by atoms with Crippen LogP contribution in [0.4, 0.5) is 0 Å². The van der Waals surface area contributed by atoms with Gasteiger partial charge in [-0.2, -0.15) is 5.10 Å². The lowest BCUT2D eigenvalue weighted by Gasteiger charge is -2.10. The first-order chi connectivity index (χ1) is 9.63. The molecule has 1 atom stereocenters. The zero-order valence-corrected chi connectivity index (χ0v) is 12.3. The van der Waals surface area contributed by atoms with Crippen molar-refractivity contribution in [2.24, 2.45) is 5.73 Å². The number of hydrogen-bond acceptors (Lipinski definition) is 3. The molecule has 2 heterocycles. The highest BCUT2D eigenvalue weighted by atomic mass is 16.3. The molecule has 3 rings (SSSR count). The predicted octanol–water partition coefficient (Wildman–Crippen LogP) is 3.45. The highest BCUT2D eigenvalue weighted by Crippen LogP contribution is 2.29. The molecule has 4 nitrogen and oxygen atoms in total. The molecule has 2 aromatic rings. The van der Waals surface area contributed by atoms with Crippen LogP contribution in [0.3, 0.4) is 0 Å². The van der Waals surface area contributed by atoms with Crippen LogP contribution >= 0.6 is 0 Å². The van der Waals surface area contributed by atoms with Gasteiger partial charge in [-0.05, 0) is 38.8 Å². The number of furan rings is 1. The normalized spacial score (nSPS) is 17.8. The number of aromatic nitrogens is 2. The summed E-state index contributed by atoms with van der Waals surface area (Å²) in [5, 5.41) is 4.70. The second-order valence-electron chi connectivity index (χ2n) is 5.90. The largest absolute Gasteiger partial charge is 0.466 e. The van der Waals surface area contributed by atoms with E-state index in [4.69, 9.17) is 15.2 Å². The van der Waals surface area contributed by atoms with E-state index in [9.17, 15) is 0 Å². The minimum Gasteiger partial charge on any atom is -0.466 e. The zero-order chi connectivity index (χ0) is 14.1. The third-order valence-electron chi connectivity index (χ3n) is 4.27. The Labute approximate surface area is 120 Å². The quantitative estimate of drug-likeness (QED) is 0.928. The fourth-order valence-electron chi connectivity index (χ4n) is 3.21. The molecule has 4 heteroatoms. The van der Waals surface area contributed by atoms with Crippen LogP contribution < -0.4 is 5.73 Å². The van der Waals surface area contributed by atoms with Gasteiger partial charge >= 0.3 is 0 Å². The molecule has 1 aliphatic carbocycles. The topological polar surface area (TPSA) is 57.0 Å². The van der Waals surface area contributed by atoms with Crippen LogP contribution in [0.15, 0.2) is 22.7 Å². The Bertz CT molecular complexity index is 578. The van der Waals surface area contributed by atoms with Crippen molar-refractivity contribution in [3.8, 4) is 0 Å². The standard InChI is InChI=1S/C16H23N3O/c1-11-9-15(12(2)20-11)16(17)10-13-7-8-19(18-13)14-5-3-4-6-14/h7-9,14,16H,3-6,10,17H2,1-2H3. The van der Waals surface area contributed by atoms with Gasteiger partial charge in [-0.3, -0.25) is 4.68 Å². The van der Waals surface area contributed by atoms with E-state index in [2.05, 4.69) is 16.9 Å². The van der Waals surface area contributed by atoms with Crippen molar-refractivity contribution in [1.82, 2.24) is 9.78 Å². The molecular weight excluding hydrogens is 250 g/mol. The van der Waals surface area contributed by atoms with Gasteiger partial charge in [0.1, 0.15) is 11.5 Å². The van der Waals surface area contributed by atoms with Gasteiger partial charge in [0.2, 0.25) is 0 Å². The van der Waals surface area contributed by atoms with Gasteiger partial charge in [0, 0.05) is 24.2 Å². The molecule has 0 aliphatic heterocycles. The first-order valence-electron chi connectivity index (χ1n) is 7.50. The van der Waals surface area contributed by atoms with Gasteiger partial charge < -0.3 is 10.2 Å². The van der Waals surface area contributed by atoms with E-state index in [1.54, 1.807) is 0 Å². The van der Waals surface area contributed by atoms with E-state index in [0.717, 1.165) is 29.2 Å². The molecule has 0 bridgehead atoms. The van der Waals surface area contributed by atoms with Gasteiger partial charge in [0.15, 0.2) is 0 Å². The summed E-state index contributed by atoms with van der Waals surface area (Å²) >= 11 is 0. The molecule has 108 valence electrons. The summed E-state index contributed by atoms with van der Waals surface area (Å²) in [7, 11) is 0. The lowest BCUT2D eigenvalue weighted by atomic mass is 10.0. The first-order valence-corrected chi connectivity index (χ1v) is 7.50. The molecule has 0 amide bonds. The first kappa shape index (κ1) is 13.4. The average Bonchev–Trinajstić information content (AvgIpc) is 3.09. The van der Waals surface area contributed by atoms with E-state index in [-0.39, 0.29) is 6.04 Å². The van der Waals surface area contributed by atoms with Crippen LogP contribution in [0.5, 0.6) is 0 Å². The molecule has 0 saturated heterocycles. The predicted molar refractivity (Wildman–Crippen MR) is 78.5 cm³/mol. The highest BCUT2D eigenvalue weighted by molar-refractivity contribution is 5.25. The monoisotopic (exact) mass is 273 g/mol. The molecule has 1 unspecified atom stereocenters. The molecular formula is C16H23N3O. The van der Waals surface area contributed by atoms with Crippen LogP contribution in [0.25, 0.3) is 0 Å². The van der Waals surface area contributed by atoms with Gasteiger partial charge in [0.25, 0.3) is 0 Å². The molecule has 0 aromatic carbocycles. The van der Waals surface area contributed by atoms with E-state index >= 15 is 0 Å². The Morgan fingerprint density at radius 1 is 1.40 bits per heavy atom. The van der Waals surface area contributed by atoms with E-state index in [1.165, 1.54) is 25.7 Å². The second kappa shape index (κ2) is 5.44. The number of aryl methyl sites for hydroxylation is 2. The maximum Gasteiger partial charge on any atom is 0.105 e. The van der Waals surface area contributed by atoms with Crippen molar-refractivity contribution in [2.45, 2.75) is 58.0 Å². The minimum atomic E-state index is -0.0422. The Morgan fingerprint density at radius 2 is 2.15 bits per heavy atom. The van der Waals surface area contributed by atoms with Crippen molar-refractivity contribution in [3.05, 3.63) is 41.1 Å². The molecule has 0 spiro atoms. The summed E-state index contributed by atoms with van der Waals surface area (Å²) in [6.07, 6.45) is 8.03. The van der Waals surface area contributed by atoms with Crippen molar-refractivity contribution in [2.75, 3.05) is 0 Å². The maximum atomic E-state index is 6.29. The van der Waals surface area contributed by atoms with Crippen LogP contribution in [-0.2, 0) is 6.42 Å². The Balaban J connectivity index is 1.69.